The minimum atomic E-state index is -0.354. The van der Waals surface area contributed by atoms with Gasteiger partial charge in [0.15, 0.2) is 0 Å². The summed E-state index contributed by atoms with van der Waals surface area (Å²) in [5.41, 5.74) is 3.81. The molecule has 5 nitrogen and oxygen atoms in total. The zero-order chi connectivity index (χ0) is 17.3. The SMILES string of the molecule is Cc1nn(C)c(=O)c(C(=O)NCC2SCCc3ccccc32)c1C. The maximum Gasteiger partial charge on any atom is 0.279 e. The summed E-state index contributed by atoms with van der Waals surface area (Å²) in [5, 5.41) is 7.29. The number of carbonyl (C=O) groups excluding carboxylic acids is 1. The third kappa shape index (κ3) is 3.11. The molecule has 1 aromatic carbocycles. The summed E-state index contributed by atoms with van der Waals surface area (Å²) in [6, 6.07) is 8.36. The maximum absolute atomic E-state index is 12.6. The van der Waals surface area contributed by atoms with Crippen LogP contribution in [-0.2, 0) is 13.5 Å². The molecule has 0 fully saturated rings. The van der Waals surface area contributed by atoms with Crippen molar-refractivity contribution in [2.24, 2.45) is 7.05 Å². The van der Waals surface area contributed by atoms with Gasteiger partial charge in [0.25, 0.3) is 11.5 Å². The fourth-order valence-electron chi connectivity index (χ4n) is 3.04. The number of amides is 1. The van der Waals surface area contributed by atoms with E-state index in [1.807, 2.05) is 17.8 Å². The van der Waals surface area contributed by atoms with E-state index in [2.05, 4.69) is 28.6 Å². The van der Waals surface area contributed by atoms with Gasteiger partial charge in [0, 0.05) is 18.8 Å². The molecule has 126 valence electrons. The Kier molecular flexibility index (Phi) is 4.76. The van der Waals surface area contributed by atoms with Gasteiger partial charge in [-0.05, 0) is 42.7 Å². The molecular formula is C18H21N3O2S. The predicted octanol–water partition coefficient (Wildman–Crippen LogP) is 2.16. The third-order valence-corrected chi connectivity index (χ3v) is 5.76. The minimum Gasteiger partial charge on any atom is -0.350 e. The number of nitrogens with one attached hydrogen (secondary N) is 1. The molecule has 24 heavy (non-hydrogen) atoms. The lowest BCUT2D eigenvalue weighted by molar-refractivity contribution is 0.0950. The predicted molar refractivity (Wildman–Crippen MR) is 96.6 cm³/mol. The van der Waals surface area contributed by atoms with E-state index >= 15 is 0 Å². The quantitative estimate of drug-likeness (QED) is 0.928. The first-order valence-electron chi connectivity index (χ1n) is 8.01. The number of rotatable bonds is 3. The van der Waals surface area contributed by atoms with Crippen molar-refractivity contribution in [2.75, 3.05) is 12.3 Å². The van der Waals surface area contributed by atoms with Crippen molar-refractivity contribution in [1.82, 2.24) is 15.1 Å². The second kappa shape index (κ2) is 6.81. The lowest BCUT2D eigenvalue weighted by Gasteiger charge is -2.25. The Morgan fingerprint density at radius 2 is 2.12 bits per heavy atom. The summed E-state index contributed by atoms with van der Waals surface area (Å²) in [5.74, 6) is 0.731. The van der Waals surface area contributed by atoms with Gasteiger partial charge in [-0.3, -0.25) is 9.59 Å². The van der Waals surface area contributed by atoms with Crippen molar-refractivity contribution in [3.8, 4) is 0 Å². The van der Waals surface area contributed by atoms with Crippen molar-refractivity contribution in [1.29, 1.82) is 0 Å². The standard InChI is InChI=1S/C18H21N3O2S/c1-11-12(2)20-21(3)18(23)16(11)17(22)19-10-15-14-7-5-4-6-13(14)8-9-24-15/h4-7,15H,8-10H2,1-3H3,(H,19,22). The van der Waals surface area contributed by atoms with Crippen molar-refractivity contribution in [3.63, 3.8) is 0 Å². The van der Waals surface area contributed by atoms with Gasteiger partial charge in [-0.2, -0.15) is 16.9 Å². The second-order valence-corrected chi connectivity index (χ2v) is 7.34. The first kappa shape index (κ1) is 16.8. The van der Waals surface area contributed by atoms with Crippen LogP contribution in [0.2, 0.25) is 0 Å². The first-order valence-corrected chi connectivity index (χ1v) is 9.06. The average molecular weight is 343 g/mol. The monoisotopic (exact) mass is 343 g/mol. The zero-order valence-corrected chi connectivity index (χ0v) is 14.9. The summed E-state index contributed by atoms with van der Waals surface area (Å²) in [7, 11) is 1.57. The zero-order valence-electron chi connectivity index (χ0n) is 14.1. The number of thioether (sulfide) groups is 1. The fourth-order valence-corrected chi connectivity index (χ4v) is 4.27. The highest BCUT2D eigenvalue weighted by Gasteiger charge is 2.23. The van der Waals surface area contributed by atoms with Crippen LogP contribution in [0.3, 0.4) is 0 Å². The summed E-state index contributed by atoms with van der Waals surface area (Å²) in [4.78, 5) is 24.9. The third-order valence-electron chi connectivity index (χ3n) is 4.49. The van der Waals surface area contributed by atoms with Crippen LogP contribution < -0.4 is 10.9 Å². The molecule has 6 heteroatoms. The van der Waals surface area contributed by atoms with Crippen molar-refractivity contribution < 1.29 is 4.79 Å². The molecular weight excluding hydrogens is 322 g/mol. The number of hydrogen-bond acceptors (Lipinski definition) is 4. The summed E-state index contributed by atoms with van der Waals surface area (Å²) >= 11 is 1.85. The topological polar surface area (TPSA) is 64.0 Å². The lowest BCUT2D eigenvalue weighted by Crippen LogP contribution is -2.36. The van der Waals surface area contributed by atoms with Gasteiger partial charge in [-0.1, -0.05) is 24.3 Å². The first-order chi connectivity index (χ1) is 11.5. The molecule has 0 saturated heterocycles. The highest BCUT2D eigenvalue weighted by molar-refractivity contribution is 7.99. The Balaban J connectivity index is 1.80. The van der Waals surface area contributed by atoms with E-state index < -0.39 is 0 Å². The maximum atomic E-state index is 12.6. The second-order valence-electron chi connectivity index (χ2n) is 6.03. The summed E-state index contributed by atoms with van der Waals surface area (Å²) < 4.78 is 1.22. The van der Waals surface area contributed by atoms with Gasteiger partial charge >= 0.3 is 0 Å². The summed E-state index contributed by atoms with van der Waals surface area (Å²) in [6.07, 6.45) is 1.06. The van der Waals surface area contributed by atoms with Crippen LogP contribution in [0.25, 0.3) is 0 Å². The molecule has 0 saturated carbocycles. The fraction of sp³-hybridized carbons (Fsp3) is 0.389. The van der Waals surface area contributed by atoms with E-state index in [4.69, 9.17) is 0 Å². The van der Waals surface area contributed by atoms with Crippen molar-refractivity contribution >= 4 is 17.7 Å². The number of aromatic nitrogens is 2. The molecule has 0 radical (unpaired) electrons. The van der Waals surface area contributed by atoms with Crippen molar-refractivity contribution in [2.45, 2.75) is 25.5 Å². The molecule has 1 aliphatic rings. The largest absolute Gasteiger partial charge is 0.350 e. The van der Waals surface area contributed by atoms with E-state index in [0.717, 1.165) is 12.2 Å². The highest BCUT2D eigenvalue weighted by atomic mass is 32.2. The van der Waals surface area contributed by atoms with Gasteiger partial charge in [0.1, 0.15) is 5.56 Å². The van der Waals surface area contributed by atoms with Gasteiger partial charge in [0.2, 0.25) is 0 Å². The molecule has 2 aromatic rings. The molecule has 1 amide bonds. The van der Waals surface area contributed by atoms with Crippen LogP contribution in [0.1, 0.15) is 38.0 Å². The molecule has 3 rings (SSSR count). The number of fused-ring (bicyclic) bond motifs is 1. The van der Waals surface area contributed by atoms with Crippen molar-refractivity contribution in [3.05, 3.63) is 62.6 Å². The van der Waals surface area contributed by atoms with E-state index in [1.165, 1.54) is 15.8 Å². The molecule has 1 unspecified atom stereocenters. The van der Waals surface area contributed by atoms with E-state index in [1.54, 1.807) is 20.9 Å². The van der Waals surface area contributed by atoms with Gasteiger partial charge in [-0.15, -0.1) is 0 Å². The number of nitrogens with zero attached hydrogens (tertiary/aromatic N) is 2. The van der Waals surface area contributed by atoms with Crippen LogP contribution in [0, 0.1) is 13.8 Å². The molecule has 2 heterocycles. The molecule has 1 atom stereocenters. The lowest BCUT2D eigenvalue weighted by atomic mass is 10.0. The highest BCUT2D eigenvalue weighted by Crippen LogP contribution is 2.35. The Morgan fingerprint density at radius 3 is 2.92 bits per heavy atom. The molecule has 0 aliphatic carbocycles. The number of aryl methyl sites for hydroxylation is 3. The summed E-state index contributed by atoms with van der Waals surface area (Å²) in [6.45, 7) is 4.09. The number of benzene rings is 1. The van der Waals surface area contributed by atoms with Crippen LogP contribution in [-0.4, -0.2) is 28.0 Å². The van der Waals surface area contributed by atoms with E-state index in [0.29, 0.717) is 17.8 Å². The Morgan fingerprint density at radius 1 is 1.38 bits per heavy atom. The number of hydrogen-bond donors (Lipinski definition) is 1. The molecule has 1 N–H and O–H groups in total. The molecule has 0 spiro atoms. The Hall–Kier alpha value is -2.08. The van der Waals surface area contributed by atoms with Crippen LogP contribution in [0.5, 0.6) is 0 Å². The van der Waals surface area contributed by atoms with E-state index in [9.17, 15) is 9.59 Å². The Labute approximate surface area is 145 Å². The van der Waals surface area contributed by atoms with E-state index in [-0.39, 0.29) is 22.3 Å². The van der Waals surface area contributed by atoms with Crippen LogP contribution >= 0.6 is 11.8 Å². The van der Waals surface area contributed by atoms with Crippen LogP contribution in [0.4, 0.5) is 0 Å². The molecule has 1 aromatic heterocycles. The smallest absolute Gasteiger partial charge is 0.279 e. The Bertz CT molecular complexity index is 845. The minimum absolute atomic E-state index is 0.194. The normalized spacial score (nSPS) is 16.5. The van der Waals surface area contributed by atoms with Crippen LogP contribution in [0.15, 0.2) is 29.1 Å². The molecule has 0 bridgehead atoms. The average Bonchev–Trinajstić information content (AvgIpc) is 2.58. The molecule has 1 aliphatic heterocycles. The van der Waals surface area contributed by atoms with Gasteiger partial charge in [0.05, 0.1) is 5.69 Å². The van der Waals surface area contributed by atoms with Gasteiger partial charge < -0.3 is 5.32 Å². The number of carbonyl (C=O) groups is 1. The van der Waals surface area contributed by atoms with Gasteiger partial charge in [-0.25, -0.2) is 4.68 Å².